The largest absolute Gasteiger partial charge is 0.424 e. The number of carbonyl (C=O) groups excluding carboxylic acids is 4. The lowest BCUT2D eigenvalue weighted by Crippen LogP contribution is -2.67. The molecule has 1 aliphatic heterocycles. The second-order valence-electron chi connectivity index (χ2n) is 30.2. The van der Waals surface area contributed by atoms with Crippen LogP contribution >= 0.6 is 0 Å². The number of hydrogen-bond donors (Lipinski definition) is 2. The van der Waals surface area contributed by atoms with Gasteiger partial charge in [0.2, 0.25) is 5.70 Å². The maximum absolute atomic E-state index is 14.3. The minimum Gasteiger partial charge on any atom is -0.396 e. The number of nitrogens with zero attached hydrogens (tertiary/aromatic N) is 2. The first-order valence-electron chi connectivity index (χ1n) is 29.7. The fourth-order valence-electron chi connectivity index (χ4n) is 20.8. The summed E-state index contributed by atoms with van der Waals surface area (Å²) in [4.78, 5) is 62.6. The Hall–Kier alpha value is -3.24. The van der Waals surface area contributed by atoms with Crippen molar-refractivity contribution < 1.29 is 36.9 Å². The first-order valence-corrected chi connectivity index (χ1v) is 27.7. The second-order valence-corrected chi connectivity index (χ2v) is 30.2. The number of aliphatic hydroxyl groups excluding tert-OH is 2. The van der Waals surface area contributed by atoms with Gasteiger partial charge >= 0.3 is 5.72 Å². The third-order valence-electron chi connectivity index (χ3n) is 25.5. The molecule has 2 N–H and O–H groups in total. The molecule has 11 aliphatic rings. The van der Waals surface area contributed by atoms with Gasteiger partial charge in [-0.15, -0.1) is 0 Å². The average Bonchev–Trinajstić information content (AvgIpc) is 4.12. The topological polar surface area (TPSA) is 130 Å². The SMILES string of the molecule is [3H]C.[3H]C.[C-]#[N+]C1=C[C@]2(C)C3=CC(=O)[C@@H]4[C@@H]5CC(C)(C)CC[C@]5(CO)CC[C@@]4(C)[C@]3(C)CC[C@H]2C(C)(C)C1=O.[C-]#[N+][C@@]12O[C@@H]1[C@]1(C)C3=CC(=O)[C@@H]4[C@@H]5CC(C)(C)CC[C@]5(CO)CC[C@@]4(C)[C@]3(C)CC[C@H]1C(C)(C)C2=O. The minimum absolute atomic E-state index is 0.0425. The first-order chi connectivity index (χ1) is 34.7. The van der Waals surface area contributed by atoms with Gasteiger partial charge in [-0.3, -0.25) is 24.0 Å². The van der Waals surface area contributed by atoms with Crippen LogP contribution in [0.3, 0.4) is 0 Å². The Balaban J connectivity index is 0.000000187. The van der Waals surface area contributed by atoms with Crippen molar-refractivity contribution in [3.63, 3.8) is 0 Å². The summed E-state index contributed by atoms with van der Waals surface area (Å²) in [6.07, 6.45) is 19.0. The van der Waals surface area contributed by atoms with Crippen molar-refractivity contribution in [1.82, 2.24) is 0 Å². The van der Waals surface area contributed by atoms with E-state index in [2.05, 4.69) is 78.9 Å². The summed E-state index contributed by atoms with van der Waals surface area (Å²) < 4.78 is 17.6. The Labute approximate surface area is 443 Å². The van der Waals surface area contributed by atoms with Crippen molar-refractivity contribution in [2.45, 2.75) is 213 Å². The van der Waals surface area contributed by atoms with Crippen LogP contribution in [0.1, 0.15) is 204 Å². The summed E-state index contributed by atoms with van der Waals surface area (Å²) >= 11 is 0. The van der Waals surface area contributed by atoms with Crippen molar-refractivity contribution in [1.29, 1.82) is 0 Å². The minimum atomic E-state index is -1.39. The molecule has 9 nitrogen and oxygen atoms in total. The number of carbonyl (C=O) groups is 4. The molecule has 0 unspecified atom stereocenters. The Morgan fingerprint density at radius 3 is 1.51 bits per heavy atom. The molecule has 0 aromatic heterocycles. The predicted octanol–water partition coefficient (Wildman–Crippen LogP) is 13.6. The van der Waals surface area contributed by atoms with Crippen LogP contribution in [-0.2, 0) is 23.9 Å². The number of rotatable bonds is 2. The highest BCUT2D eigenvalue weighted by Crippen LogP contribution is 2.79. The predicted molar refractivity (Wildman–Crippen MR) is 287 cm³/mol. The molecule has 11 rings (SSSR count). The third-order valence-corrected chi connectivity index (χ3v) is 25.5. The van der Waals surface area contributed by atoms with E-state index < -0.39 is 33.5 Å². The molecule has 1 saturated heterocycles. The molecule has 9 heteroatoms. The normalized spacial score (nSPS) is 49.8. The number of fused-ring (bicyclic) bond motifs is 16. The second kappa shape index (κ2) is 16.4. The maximum atomic E-state index is 14.3. The number of epoxide rings is 1. The molecule has 0 bridgehead atoms. The van der Waals surface area contributed by atoms with E-state index in [1.807, 2.05) is 45.9 Å². The molecule has 0 aromatic carbocycles. The lowest BCUT2D eigenvalue weighted by molar-refractivity contribution is -0.181. The van der Waals surface area contributed by atoms with Gasteiger partial charge in [-0.25, -0.2) is 11.4 Å². The highest BCUT2D eigenvalue weighted by Gasteiger charge is 2.87. The molecule has 0 amide bonds. The van der Waals surface area contributed by atoms with Crippen molar-refractivity contribution in [2.75, 3.05) is 13.2 Å². The first kappa shape index (κ1) is 53.2. The van der Waals surface area contributed by atoms with Crippen molar-refractivity contribution >= 4 is 23.1 Å². The summed E-state index contributed by atoms with van der Waals surface area (Å²) in [7, 11) is 2.50. The lowest BCUT2D eigenvalue weighted by atomic mass is 9.33. The Morgan fingerprint density at radius 2 is 1.05 bits per heavy atom. The van der Waals surface area contributed by atoms with Crippen LogP contribution < -0.4 is 0 Å². The quantitative estimate of drug-likeness (QED) is 0.208. The molecular weight excluding hydrogens is 909 g/mol. The van der Waals surface area contributed by atoms with Gasteiger partial charge < -0.3 is 15.0 Å². The van der Waals surface area contributed by atoms with Crippen molar-refractivity contribution in [3.05, 3.63) is 57.9 Å². The van der Waals surface area contributed by atoms with Gasteiger partial charge in [-0.1, -0.05) is 129 Å². The Morgan fingerprint density at radius 1 is 0.616 bits per heavy atom. The maximum Gasteiger partial charge on any atom is 0.424 e. The third kappa shape index (κ3) is 6.71. The van der Waals surface area contributed by atoms with Crippen LogP contribution in [0.2, 0.25) is 0 Å². The van der Waals surface area contributed by atoms with Gasteiger partial charge in [0.1, 0.15) is 0 Å². The zero-order valence-electron chi connectivity index (χ0n) is 49.9. The molecule has 7 saturated carbocycles. The molecule has 0 spiro atoms. The molecule has 0 radical (unpaired) electrons. The van der Waals surface area contributed by atoms with E-state index in [0.29, 0.717) is 0 Å². The standard InChI is InChI=1S/C31H43NO4.C31H43NO3.2CH4/c1-25(2)11-13-30(17-33)14-12-28(6)22(18(30)16-25)19(34)15-21-27(28,5)10-9-20-26(3,4)23(35)31(32-8)24(36-31)29(20,21)7;1-26(2)11-13-31(18-33)14-12-30(7)24(19(31)16-26)21(34)15-23-28(5)17-20(32-8)25(35)27(3,4)22(28)9-10-29(23,30)6;;/h15,18,20,22,24,33H,9-14,16-17H2,1-7H3;15,17,19,22,24,33H,9-14,16,18H2,1-7H3;2*1H4/t18-,20-,22-,24+,27+,28+,29-,30+,31-;19-,22-,24-,28-,29+,30+,31+;;/m00../s1/i;;2*1T. The lowest BCUT2D eigenvalue weighted by Gasteiger charge is -2.69. The summed E-state index contributed by atoms with van der Waals surface area (Å²) in [5, 5.41) is 21.3. The number of allylic oxidation sites excluding steroid dienone is 5. The Kier molecular flexibility index (Phi) is 11.9. The number of Topliss-reactive ketones (excluding diaryl/α,β-unsaturated/α-hetero) is 2. The highest BCUT2D eigenvalue weighted by molar-refractivity contribution is 6.03. The molecular formula is C64H94N2O7. The molecule has 73 heavy (non-hydrogen) atoms. The molecule has 0 aromatic rings. The smallest absolute Gasteiger partial charge is 0.396 e. The fourth-order valence-corrected chi connectivity index (χ4v) is 20.8. The van der Waals surface area contributed by atoms with E-state index in [-0.39, 0.29) is 121 Å². The van der Waals surface area contributed by atoms with Crippen molar-refractivity contribution in [3.8, 4) is 0 Å². The van der Waals surface area contributed by atoms with Crippen LogP contribution in [0.4, 0.5) is 0 Å². The van der Waals surface area contributed by atoms with E-state index in [4.69, 9.17) is 20.6 Å². The van der Waals surface area contributed by atoms with Gasteiger partial charge in [-0.05, 0) is 169 Å². The van der Waals surface area contributed by atoms with Gasteiger partial charge in [0.15, 0.2) is 23.5 Å². The average molecular weight is 1010 g/mol. The molecule has 402 valence electrons. The molecule has 1 heterocycles. The molecule has 8 fully saturated rings. The number of aliphatic hydroxyl groups is 2. The monoisotopic (exact) mass is 1010 g/mol. The van der Waals surface area contributed by atoms with E-state index >= 15 is 0 Å². The van der Waals surface area contributed by atoms with Crippen molar-refractivity contribution in [2.24, 2.45) is 100 Å². The number of ketones is 4. The fraction of sp³-hybridized carbons (Fsp3) is 0.812. The highest BCUT2D eigenvalue weighted by atomic mass is 16.6. The van der Waals surface area contributed by atoms with Gasteiger partial charge in [-0.2, -0.15) is 0 Å². The van der Waals surface area contributed by atoms with Crippen LogP contribution in [0, 0.1) is 114 Å². The van der Waals surface area contributed by atoms with Gasteiger partial charge in [0.05, 0.1) is 6.57 Å². The summed E-state index contributed by atoms with van der Waals surface area (Å²) in [5.74, 6) is 0.599. The zero-order valence-corrected chi connectivity index (χ0v) is 47.9. The van der Waals surface area contributed by atoms with E-state index in [1.54, 1.807) is 0 Å². The van der Waals surface area contributed by atoms with E-state index in [0.717, 1.165) is 101 Å². The van der Waals surface area contributed by atoms with Crippen LogP contribution in [0.25, 0.3) is 9.69 Å². The van der Waals surface area contributed by atoms with E-state index in [9.17, 15) is 29.4 Å². The van der Waals surface area contributed by atoms with Crippen LogP contribution in [-0.4, -0.2) is 58.4 Å². The number of hydrogen-bond acceptors (Lipinski definition) is 7. The Bertz CT molecular complexity index is 2620. The molecule has 16 atom stereocenters. The molecule has 10 aliphatic carbocycles. The van der Waals surface area contributed by atoms with Crippen LogP contribution in [0.5, 0.6) is 0 Å². The summed E-state index contributed by atoms with van der Waals surface area (Å²) in [6.45, 7) is 47.0. The van der Waals surface area contributed by atoms with E-state index in [1.165, 1.54) is 14.8 Å². The van der Waals surface area contributed by atoms with Gasteiger partial charge in [0, 0.05) is 49.5 Å². The van der Waals surface area contributed by atoms with Crippen LogP contribution in [0.15, 0.2) is 35.1 Å². The van der Waals surface area contributed by atoms with Gasteiger partial charge in [0.25, 0.3) is 5.78 Å². The zero-order chi connectivity index (χ0) is 56.1. The number of ether oxygens (including phenoxy) is 1. The summed E-state index contributed by atoms with van der Waals surface area (Å²) in [6, 6.07) is 0. The summed E-state index contributed by atoms with van der Waals surface area (Å²) in [5.41, 5.74) is -1.94.